The Hall–Kier alpha value is 0.100. The highest BCUT2D eigenvalue weighted by Gasteiger charge is 1.87. The van der Waals surface area contributed by atoms with Gasteiger partial charge in [0.1, 0.15) is 0 Å². The zero-order valence-electron chi connectivity index (χ0n) is 6.86. The number of rotatable bonds is 7. The third-order valence-corrected chi connectivity index (χ3v) is 2.19. The van der Waals surface area contributed by atoms with E-state index in [1.54, 1.807) is 0 Å². The van der Waals surface area contributed by atoms with Crippen LogP contribution < -0.4 is 0 Å². The van der Waals surface area contributed by atoms with Crippen molar-refractivity contribution >= 4 is 8.46 Å². The van der Waals surface area contributed by atoms with Gasteiger partial charge in [-0.1, -0.05) is 39.0 Å². The molecule has 0 amide bonds. The molecule has 0 saturated heterocycles. The van der Waals surface area contributed by atoms with Crippen LogP contribution in [-0.2, 0) is 4.57 Å². The Morgan fingerprint density at radius 3 is 2.20 bits per heavy atom. The van der Waals surface area contributed by atoms with Crippen LogP contribution in [-0.4, -0.2) is 6.16 Å². The highest BCUT2D eigenvalue weighted by atomic mass is 31.1. The summed E-state index contributed by atoms with van der Waals surface area (Å²) < 4.78 is 10.0. The third kappa shape index (κ3) is 8.10. The average molecular weight is 161 g/mol. The molecule has 0 aliphatic heterocycles. The topological polar surface area (TPSA) is 17.1 Å². The molecule has 61 valence electrons. The monoisotopic (exact) mass is 161 g/mol. The Bertz CT molecular complexity index is 73.7. The molecule has 1 unspecified atom stereocenters. The summed E-state index contributed by atoms with van der Waals surface area (Å²) in [7, 11) is -0.0800. The molecule has 0 aliphatic carbocycles. The van der Waals surface area contributed by atoms with E-state index in [1.165, 1.54) is 32.1 Å². The summed E-state index contributed by atoms with van der Waals surface area (Å²) in [6.07, 6.45) is 8.70. The van der Waals surface area contributed by atoms with E-state index >= 15 is 0 Å². The molecule has 0 spiro atoms. The standard InChI is InChI=1S/C8H18OP/c1-2-3-4-5-6-7-8-10-9/h10H,2-8H2,1H3. The van der Waals surface area contributed by atoms with Gasteiger partial charge in [0.2, 0.25) is 0 Å². The van der Waals surface area contributed by atoms with Gasteiger partial charge in [-0.15, -0.1) is 0 Å². The molecule has 0 aromatic rings. The van der Waals surface area contributed by atoms with Gasteiger partial charge in [0, 0.05) is 6.16 Å². The Balaban J connectivity index is 2.70. The highest BCUT2D eigenvalue weighted by Crippen LogP contribution is 2.07. The molecular weight excluding hydrogens is 143 g/mol. The molecule has 0 fully saturated rings. The second-order valence-corrected chi connectivity index (χ2v) is 3.45. The zero-order valence-corrected chi connectivity index (χ0v) is 7.86. The first-order valence-corrected chi connectivity index (χ1v) is 5.38. The molecule has 0 aromatic carbocycles. The van der Waals surface area contributed by atoms with Gasteiger partial charge in [0.15, 0.2) is 0 Å². The van der Waals surface area contributed by atoms with Gasteiger partial charge in [-0.25, -0.2) is 0 Å². The van der Waals surface area contributed by atoms with E-state index in [0.29, 0.717) is 0 Å². The van der Waals surface area contributed by atoms with Crippen LogP contribution in [0.4, 0.5) is 0 Å². The molecule has 0 bridgehead atoms. The van der Waals surface area contributed by atoms with Gasteiger partial charge in [-0.3, -0.25) is 4.57 Å². The van der Waals surface area contributed by atoms with E-state index in [1.807, 2.05) is 0 Å². The number of hydrogen-bond acceptors (Lipinski definition) is 1. The minimum absolute atomic E-state index is 0.0800. The van der Waals surface area contributed by atoms with Crippen molar-refractivity contribution in [2.24, 2.45) is 0 Å². The van der Waals surface area contributed by atoms with E-state index in [4.69, 9.17) is 0 Å². The van der Waals surface area contributed by atoms with Crippen LogP contribution in [0.25, 0.3) is 0 Å². The molecule has 1 radical (unpaired) electrons. The summed E-state index contributed by atoms with van der Waals surface area (Å²) in [5, 5.41) is 0. The van der Waals surface area contributed by atoms with Gasteiger partial charge in [0.25, 0.3) is 0 Å². The van der Waals surface area contributed by atoms with Gasteiger partial charge in [-0.2, -0.15) is 0 Å². The zero-order chi connectivity index (χ0) is 7.66. The summed E-state index contributed by atoms with van der Waals surface area (Å²) in [5.74, 6) is 0. The molecule has 0 aromatic heterocycles. The quantitative estimate of drug-likeness (QED) is 0.413. The fourth-order valence-electron chi connectivity index (χ4n) is 0.977. The van der Waals surface area contributed by atoms with Crippen LogP contribution in [0.2, 0.25) is 0 Å². The fourth-order valence-corrected chi connectivity index (χ4v) is 1.37. The molecule has 10 heavy (non-hydrogen) atoms. The second-order valence-electron chi connectivity index (χ2n) is 2.66. The van der Waals surface area contributed by atoms with Crippen molar-refractivity contribution in [1.82, 2.24) is 0 Å². The van der Waals surface area contributed by atoms with Crippen molar-refractivity contribution < 1.29 is 4.57 Å². The Kier molecular flexibility index (Phi) is 9.19. The van der Waals surface area contributed by atoms with Gasteiger partial charge >= 0.3 is 0 Å². The van der Waals surface area contributed by atoms with Crippen molar-refractivity contribution in [3.05, 3.63) is 0 Å². The fraction of sp³-hybridized carbons (Fsp3) is 1.00. The first kappa shape index (κ1) is 10.1. The smallest absolute Gasteiger partial charge is 0.0581 e. The summed E-state index contributed by atoms with van der Waals surface area (Å²) in [4.78, 5) is 0. The van der Waals surface area contributed by atoms with Crippen molar-refractivity contribution in [1.29, 1.82) is 0 Å². The maximum absolute atomic E-state index is 10.0. The minimum atomic E-state index is -0.0800. The Morgan fingerprint density at radius 2 is 1.60 bits per heavy atom. The van der Waals surface area contributed by atoms with Crippen LogP contribution in [0.3, 0.4) is 0 Å². The van der Waals surface area contributed by atoms with Gasteiger partial charge < -0.3 is 0 Å². The molecular formula is C8H18OP. The first-order valence-electron chi connectivity index (χ1n) is 4.26. The predicted molar refractivity (Wildman–Crippen MR) is 47.2 cm³/mol. The summed E-state index contributed by atoms with van der Waals surface area (Å²) >= 11 is 0. The molecule has 0 aliphatic rings. The lowest BCUT2D eigenvalue weighted by Crippen LogP contribution is -1.78. The predicted octanol–water partition coefficient (Wildman–Crippen LogP) is 3.37. The summed E-state index contributed by atoms with van der Waals surface area (Å²) in [5.41, 5.74) is 0. The van der Waals surface area contributed by atoms with E-state index in [2.05, 4.69) is 6.92 Å². The largest absolute Gasteiger partial charge is 0.291 e. The lowest BCUT2D eigenvalue weighted by atomic mass is 10.1. The second kappa shape index (κ2) is 9.10. The van der Waals surface area contributed by atoms with E-state index < -0.39 is 0 Å². The first-order chi connectivity index (χ1) is 4.91. The van der Waals surface area contributed by atoms with Crippen LogP contribution in [0.5, 0.6) is 0 Å². The van der Waals surface area contributed by atoms with Crippen LogP contribution in [0, 0.1) is 0 Å². The Labute approximate surface area is 65.4 Å². The van der Waals surface area contributed by atoms with Crippen LogP contribution >= 0.6 is 8.46 Å². The van der Waals surface area contributed by atoms with Gasteiger partial charge in [-0.05, 0) is 6.42 Å². The lowest BCUT2D eigenvalue weighted by molar-refractivity contribution is 0.591. The number of unbranched alkanes of at least 4 members (excludes halogenated alkanes) is 5. The van der Waals surface area contributed by atoms with Crippen molar-refractivity contribution in [2.75, 3.05) is 6.16 Å². The third-order valence-electron chi connectivity index (χ3n) is 1.63. The van der Waals surface area contributed by atoms with Crippen LogP contribution in [0.15, 0.2) is 0 Å². The molecule has 0 N–H and O–H groups in total. The average Bonchev–Trinajstić information content (AvgIpc) is 1.97. The lowest BCUT2D eigenvalue weighted by Gasteiger charge is -1.95. The van der Waals surface area contributed by atoms with Crippen LogP contribution in [0.1, 0.15) is 45.4 Å². The molecule has 0 saturated carbocycles. The molecule has 2 heteroatoms. The SMILES string of the molecule is CCCCCCCC[PH]=O. The van der Waals surface area contributed by atoms with Crippen molar-refractivity contribution in [3.8, 4) is 0 Å². The molecule has 1 nitrogen and oxygen atoms in total. The Morgan fingerprint density at radius 1 is 1.00 bits per heavy atom. The van der Waals surface area contributed by atoms with E-state index in [-0.39, 0.29) is 8.46 Å². The maximum atomic E-state index is 10.0. The van der Waals surface area contributed by atoms with E-state index in [0.717, 1.165) is 12.6 Å². The van der Waals surface area contributed by atoms with E-state index in [9.17, 15) is 4.57 Å². The van der Waals surface area contributed by atoms with Crippen molar-refractivity contribution in [2.45, 2.75) is 45.4 Å². The molecule has 0 heterocycles. The summed E-state index contributed by atoms with van der Waals surface area (Å²) in [6, 6.07) is 0. The minimum Gasteiger partial charge on any atom is -0.291 e. The normalized spacial score (nSPS) is 10.5. The van der Waals surface area contributed by atoms with Crippen molar-refractivity contribution in [3.63, 3.8) is 0 Å². The number of hydrogen-bond donors (Lipinski definition) is 0. The highest BCUT2D eigenvalue weighted by molar-refractivity contribution is 7.23. The molecule has 0 rings (SSSR count). The molecule has 1 atom stereocenters. The van der Waals surface area contributed by atoms with Gasteiger partial charge in [0.05, 0.1) is 8.46 Å². The summed E-state index contributed by atoms with van der Waals surface area (Å²) in [6.45, 7) is 2.22. The maximum Gasteiger partial charge on any atom is 0.0581 e.